The molecule has 0 fully saturated rings. The van der Waals surface area contributed by atoms with Crippen LogP contribution in [-0.4, -0.2) is 0 Å². The number of aryl methyl sites for hydroxylation is 1. The van der Waals surface area contributed by atoms with Gasteiger partial charge in [0.2, 0.25) is 0 Å². The topological polar surface area (TPSA) is 0 Å². The Balaban J connectivity index is 3.46. The summed E-state index contributed by atoms with van der Waals surface area (Å²) in [6, 6.07) is 6.56. The van der Waals surface area contributed by atoms with E-state index >= 15 is 0 Å². The highest BCUT2D eigenvalue weighted by atomic mass is 14.1. The second-order valence-corrected chi connectivity index (χ2v) is 4.65. The van der Waals surface area contributed by atoms with Crippen LogP contribution in [0.1, 0.15) is 43.9 Å². The molecule has 18 heavy (non-hydrogen) atoms. The van der Waals surface area contributed by atoms with Gasteiger partial charge in [-0.2, -0.15) is 0 Å². The van der Waals surface area contributed by atoms with Gasteiger partial charge in [0.05, 0.1) is 0 Å². The molecule has 0 saturated carbocycles. The molecular formula is C18H24. The second-order valence-electron chi connectivity index (χ2n) is 4.65. The van der Waals surface area contributed by atoms with E-state index in [1.165, 1.54) is 34.3 Å². The Bertz CT molecular complexity index is 473. The van der Waals surface area contributed by atoms with Gasteiger partial charge < -0.3 is 0 Å². The summed E-state index contributed by atoms with van der Waals surface area (Å²) >= 11 is 0. The molecule has 0 radical (unpaired) electrons. The molecule has 0 atom stereocenters. The Morgan fingerprint density at radius 1 is 1.33 bits per heavy atom. The zero-order valence-electron chi connectivity index (χ0n) is 12.1. The Morgan fingerprint density at radius 2 is 2.06 bits per heavy atom. The fourth-order valence-electron chi connectivity index (χ4n) is 2.25. The Morgan fingerprint density at radius 3 is 2.61 bits per heavy atom. The lowest BCUT2D eigenvalue weighted by Crippen LogP contribution is -1.97. The lowest BCUT2D eigenvalue weighted by atomic mass is 9.90. The van der Waals surface area contributed by atoms with Crippen molar-refractivity contribution < 1.29 is 0 Å². The average molecular weight is 240 g/mol. The smallest absolute Gasteiger partial charge is 0.0147 e. The molecule has 1 aromatic rings. The van der Waals surface area contributed by atoms with E-state index in [1.807, 2.05) is 6.08 Å². The molecule has 0 aliphatic carbocycles. The van der Waals surface area contributed by atoms with Crippen molar-refractivity contribution in [2.24, 2.45) is 0 Å². The van der Waals surface area contributed by atoms with Gasteiger partial charge in [0, 0.05) is 0 Å². The summed E-state index contributed by atoms with van der Waals surface area (Å²) in [6.45, 7) is 12.5. The van der Waals surface area contributed by atoms with E-state index in [0.717, 1.165) is 6.42 Å². The van der Waals surface area contributed by atoms with Gasteiger partial charge in [-0.3, -0.25) is 0 Å². The third-order valence-corrected chi connectivity index (χ3v) is 3.26. The van der Waals surface area contributed by atoms with E-state index in [1.54, 1.807) is 0 Å². The summed E-state index contributed by atoms with van der Waals surface area (Å²) < 4.78 is 0. The summed E-state index contributed by atoms with van der Waals surface area (Å²) in [4.78, 5) is 0. The SMILES string of the molecule is C=C/C(C)=C(\C=C/C)c1cccc(C)c1CCC. The summed E-state index contributed by atoms with van der Waals surface area (Å²) in [5, 5.41) is 0. The predicted octanol–water partition coefficient (Wildman–Crippen LogP) is 5.48. The van der Waals surface area contributed by atoms with Crippen LogP contribution in [0.2, 0.25) is 0 Å². The van der Waals surface area contributed by atoms with Crippen molar-refractivity contribution in [2.75, 3.05) is 0 Å². The largest absolute Gasteiger partial charge is 0.0988 e. The predicted molar refractivity (Wildman–Crippen MR) is 82.8 cm³/mol. The highest BCUT2D eigenvalue weighted by Gasteiger charge is 2.08. The van der Waals surface area contributed by atoms with Crippen LogP contribution >= 0.6 is 0 Å². The molecule has 0 saturated heterocycles. The van der Waals surface area contributed by atoms with Gasteiger partial charge in [-0.1, -0.05) is 56.4 Å². The van der Waals surface area contributed by atoms with Gasteiger partial charge >= 0.3 is 0 Å². The van der Waals surface area contributed by atoms with E-state index < -0.39 is 0 Å². The van der Waals surface area contributed by atoms with Crippen molar-refractivity contribution in [3.8, 4) is 0 Å². The highest BCUT2D eigenvalue weighted by molar-refractivity contribution is 5.80. The van der Waals surface area contributed by atoms with Crippen molar-refractivity contribution in [1.29, 1.82) is 0 Å². The zero-order valence-corrected chi connectivity index (χ0v) is 12.1. The molecule has 0 aliphatic heterocycles. The Labute approximate surface area is 112 Å². The molecule has 0 nitrogen and oxygen atoms in total. The molecule has 0 unspecified atom stereocenters. The minimum Gasteiger partial charge on any atom is -0.0988 e. The van der Waals surface area contributed by atoms with E-state index in [2.05, 4.69) is 64.6 Å². The Kier molecular flexibility index (Phi) is 5.64. The molecular weight excluding hydrogens is 216 g/mol. The maximum Gasteiger partial charge on any atom is -0.0147 e. The number of hydrogen-bond donors (Lipinski definition) is 0. The molecule has 0 amide bonds. The fraction of sp³-hybridized carbons (Fsp3) is 0.333. The molecule has 0 heterocycles. The average Bonchev–Trinajstić information content (AvgIpc) is 2.38. The van der Waals surface area contributed by atoms with E-state index in [-0.39, 0.29) is 0 Å². The Hall–Kier alpha value is -1.56. The first-order chi connectivity index (χ1) is 8.65. The molecule has 0 bridgehead atoms. The molecule has 0 N–H and O–H groups in total. The lowest BCUT2D eigenvalue weighted by molar-refractivity contribution is 0.909. The number of hydrogen-bond acceptors (Lipinski definition) is 0. The first-order valence-corrected chi connectivity index (χ1v) is 6.70. The number of benzene rings is 1. The summed E-state index contributed by atoms with van der Waals surface area (Å²) in [6.07, 6.45) is 8.53. The first kappa shape index (κ1) is 14.5. The minimum absolute atomic E-state index is 1.13. The standard InChI is InChI=1S/C18H24/c1-6-10-16(14(4)8-3)18-13-9-12-15(5)17(18)11-7-2/h6,8-10,12-13H,3,7,11H2,1-2,4-5H3/b10-6-,16-14+. The van der Waals surface area contributed by atoms with Gasteiger partial charge in [-0.05, 0) is 55.0 Å². The van der Waals surface area contributed by atoms with Crippen LogP contribution in [-0.2, 0) is 6.42 Å². The van der Waals surface area contributed by atoms with Crippen LogP contribution in [0.5, 0.6) is 0 Å². The van der Waals surface area contributed by atoms with Gasteiger partial charge in [0.25, 0.3) is 0 Å². The number of allylic oxidation sites excluding steroid dienone is 5. The van der Waals surface area contributed by atoms with Gasteiger partial charge in [0.1, 0.15) is 0 Å². The number of rotatable bonds is 5. The highest BCUT2D eigenvalue weighted by Crippen LogP contribution is 2.27. The molecule has 1 rings (SSSR count). The summed E-state index contributed by atoms with van der Waals surface area (Å²) in [5.74, 6) is 0. The summed E-state index contributed by atoms with van der Waals surface area (Å²) in [5.41, 5.74) is 6.73. The van der Waals surface area contributed by atoms with Crippen molar-refractivity contribution in [3.63, 3.8) is 0 Å². The maximum absolute atomic E-state index is 3.90. The van der Waals surface area contributed by atoms with Gasteiger partial charge in [-0.25, -0.2) is 0 Å². The second kappa shape index (κ2) is 7.00. The van der Waals surface area contributed by atoms with Crippen molar-refractivity contribution in [2.45, 2.75) is 40.5 Å². The van der Waals surface area contributed by atoms with Gasteiger partial charge in [-0.15, -0.1) is 0 Å². The van der Waals surface area contributed by atoms with Crippen LogP contribution in [0, 0.1) is 6.92 Å². The van der Waals surface area contributed by atoms with Crippen LogP contribution in [0.15, 0.2) is 48.6 Å². The van der Waals surface area contributed by atoms with E-state index in [4.69, 9.17) is 0 Å². The summed E-state index contributed by atoms with van der Waals surface area (Å²) in [7, 11) is 0. The third kappa shape index (κ3) is 3.22. The van der Waals surface area contributed by atoms with Crippen molar-refractivity contribution >= 4 is 5.57 Å². The van der Waals surface area contributed by atoms with Crippen LogP contribution in [0.25, 0.3) is 5.57 Å². The molecule has 0 aliphatic rings. The van der Waals surface area contributed by atoms with Crippen LogP contribution in [0.3, 0.4) is 0 Å². The zero-order chi connectivity index (χ0) is 13.5. The lowest BCUT2D eigenvalue weighted by Gasteiger charge is -2.14. The normalized spacial score (nSPS) is 12.7. The van der Waals surface area contributed by atoms with Crippen LogP contribution in [0.4, 0.5) is 0 Å². The molecule has 1 aromatic carbocycles. The quantitative estimate of drug-likeness (QED) is 0.597. The van der Waals surface area contributed by atoms with Crippen molar-refractivity contribution in [1.82, 2.24) is 0 Å². The van der Waals surface area contributed by atoms with E-state index in [9.17, 15) is 0 Å². The third-order valence-electron chi connectivity index (χ3n) is 3.26. The molecule has 0 heteroatoms. The monoisotopic (exact) mass is 240 g/mol. The van der Waals surface area contributed by atoms with Gasteiger partial charge in [0.15, 0.2) is 0 Å². The molecule has 0 spiro atoms. The fourth-order valence-corrected chi connectivity index (χ4v) is 2.25. The van der Waals surface area contributed by atoms with E-state index in [0.29, 0.717) is 0 Å². The van der Waals surface area contributed by atoms with Crippen molar-refractivity contribution in [3.05, 3.63) is 65.3 Å². The molecule has 96 valence electrons. The minimum atomic E-state index is 1.13. The maximum atomic E-state index is 3.90. The van der Waals surface area contributed by atoms with Crippen LogP contribution < -0.4 is 0 Å². The first-order valence-electron chi connectivity index (χ1n) is 6.70. The molecule has 0 aromatic heterocycles.